The van der Waals surface area contributed by atoms with E-state index in [4.69, 9.17) is 17.0 Å². The second-order valence-corrected chi connectivity index (χ2v) is 5.90. The van der Waals surface area contributed by atoms with Crippen LogP contribution in [0.15, 0.2) is 30.3 Å². The van der Waals surface area contributed by atoms with Crippen molar-refractivity contribution in [2.45, 2.75) is 6.92 Å². The van der Waals surface area contributed by atoms with E-state index in [0.29, 0.717) is 24.1 Å². The van der Waals surface area contributed by atoms with E-state index in [1.54, 1.807) is 4.90 Å². The number of carbonyl (C=O) groups is 1. The van der Waals surface area contributed by atoms with Crippen molar-refractivity contribution in [1.82, 2.24) is 4.90 Å². The topological polar surface area (TPSA) is 32.8 Å². The van der Waals surface area contributed by atoms with Crippen LogP contribution in [0.5, 0.6) is 0 Å². The highest BCUT2D eigenvalue weighted by Crippen LogP contribution is 2.21. The molecule has 1 amide bonds. The zero-order valence-corrected chi connectivity index (χ0v) is 13.1. The largest absolute Gasteiger partial charge is 0.378 e. The number of anilines is 1. The zero-order chi connectivity index (χ0) is 14.4. The van der Waals surface area contributed by atoms with Gasteiger partial charge in [0.05, 0.1) is 13.2 Å². The quantitative estimate of drug-likeness (QED) is 0.784. The Morgan fingerprint density at radius 2 is 2.00 bits per heavy atom. The summed E-state index contributed by atoms with van der Waals surface area (Å²) in [7, 11) is 0. The number of hydrogen-bond donors (Lipinski definition) is 0. The molecule has 0 radical (unpaired) electrons. The molecule has 1 fully saturated rings. The fourth-order valence-corrected chi connectivity index (χ4v) is 3.17. The summed E-state index contributed by atoms with van der Waals surface area (Å²) in [5.41, 5.74) is 0.900. The molecule has 108 valence electrons. The van der Waals surface area contributed by atoms with Crippen LogP contribution in [0.2, 0.25) is 0 Å². The molecule has 1 aromatic rings. The molecular weight excluding hydrogens is 292 g/mol. The van der Waals surface area contributed by atoms with E-state index in [9.17, 15) is 4.79 Å². The van der Waals surface area contributed by atoms with Gasteiger partial charge in [0.15, 0.2) is 0 Å². The lowest BCUT2D eigenvalue weighted by atomic mass is 10.3. The maximum absolute atomic E-state index is 12.4. The van der Waals surface area contributed by atoms with Gasteiger partial charge in [0.1, 0.15) is 4.32 Å². The third kappa shape index (κ3) is 3.94. The van der Waals surface area contributed by atoms with Gasteiger partial charge in [0.2, 0.25) is 0 Å². The molecule has 0 saturated carbocycles. The number of morpholine rings is 1. The van der Waals surface area contributed by atoms with Gasteiger partial charge in [-0.05, 0) is 19.1 Å². The van der Waals surface area contributed by atoms with Crippen LogP contribution < -0.4 is 4.90 Å². The van der Waals surface area contributed by atoms with Crippen LogP contribution in [0.3, 0.4) is 0 Å². The Morgan fingerprint density at radius 1 is 1.35 bits per heavy atom. The highest BCUT2D eigenvalue weighted by Gasteiger charge is 2.21. The minimum absolute atomic E-state index is 0.0322. The van der Waals surface area contributed by atoms with Crippen molar-refractivity contribution >= 4 is 39.2 Å². The predicted octanol–water partition coefficient (Wildman–Crippen LogP) is 2.98. The monoisotopic (exact) mass is 310 g/mol. The van der Waals surface area contributed by atoms with Crippen molar-refractivity contribution < 1.29 is 9.53 Å². The molecule has 0 spiro atoms. The van der Waals surface area contributed by atoms with E-state index in [1.165, 1.54) is 0 Å². The summed E-state index contributed by atoms with van der Waals surface area (Å²) in [5, 5.41) is -0.0322. The van der Waals surface area contributed by atoms with Crippen LogP contribution in [0.4, 0.5) is 10.5 Å². The molecule has 0 bridgehead atoms. The lowest BCUT2D eigenvalue weighted by molar-refractivity contribution is 0.0702. The van der Waals surface area contributed by atoms with Gasteiger partial charge in [0, 0.05) is 37.1 Å². The molecule has 1 aromatic carbocycles. The van der Waals surface area contributed by atoms with E-state index in [0.717, 1.165) is 30.5 Å². The van der Waals surface area contributed by atoms with E-state index in [1.807, 2.05) is 42.2 Å². The molecule has 1 aliphatic rings. The lowest BCUT2D eigenvalue weighted by Crippen LogP contribution is -2.40. The molecule has 2 rings (SSSR count). The number of carbonyl (C=O) groups excluding carboxylic acids is 1. The van der Waals surface area contributed by atoms with Crippen LogP contribution in [0.1, 0.15) is 6.92 Å². The highest BCUT2D eigenvalue weighted by atomic mass is 32.2. The Kier molecular flexibility index (Phi) is 5.82. The summed E-state index contributed by atoms with van der Waals surface area (Å²) in [6, 6.07) is 9.65. The molecule has 20 heavy (non-hydrogen) atoms. The van der Waals surface area contributed by atoms with Crippen molar-refractivity contribution in [2.24, 2.45) is 0 Å². The number of hydrogen-bond acceptors (Lipinski definition) is 4. The van der Waals surface area contributed by atoms with Gasteiger partial charge in [0.25, 0.3) is 5.24 Å². The lowest BCUT2D eigenvalue weighted by Gasteiger charge is -2.29. The molecule has 0 N–H and O–H groups in total. The van der Waals surface area contributed by atoms with Crippen LogP contribution in [-0.2, 0) is 4.74 Å². The zero-order valence-electron chi connectivity index (χ0n) is 11.4. The second-order valence-electron chi connectivity index (χ2n) is 4.31. The molecule has 1 saturated heterocycles. The number of para-hydroxylation sites is 1. The third-order valence-corrected chi connectivity index (χ3v) is 4.38. The first-order chi connectivity index (χ1) is 9.72. The van der Waals surface area contributed by atoms with Crippen LogP contribution in [0, 0.1) is 0 Å². The number of thiocarbonyl (C=S) groups is 1. The summed E-state index contributed by atoms with van der Waals surface area (Å²) in [6.45, 7) is 5.45. The van der Waals surface area contributed by atoms with E-state index >= 15 is 0 Å². The number of benzene rings is 1. The SMILES string of the molecule is CCN(C(=O)SC(=S)N1CCOCC1)c1ccccc1. The fraction of sp³-hybridized carbons (Fsp3) is 0.429. The number of ether oxygens (including phenoxy) is 1. The van der Waals surface area contributed by atoms with Crippen molar-refractivity contribution in [1.29, 1.82) is 0 Å². The molecule has 1 heterocycles. The number of amides is 1. The van der Waals surface area contributed by atoms with E-state index < -0.39 is 0 Å². The molecule has 0 aliphatic carbocycles. The minimum Gasteiger partial charge on any atom is -0.378 e. The molecule has 1 aliphatic heterocycles. The van der Waals surface area contributed by atoms with Crippen LogP contribution >= 0.6 is 24.0 Å². The smallest absolute Gasteiger partial charge is 0.293 e. The number of thioether (sulfide) groups is 1. The standard InChI is InChI=1S/C14H18N2O2S2/c1-2-16(12-6-4-3-5-7-12)13(17)20-14(19)15-8-10-18-11-9-15/h3-7H,2,8-11H2,1H3. The van der Waals surface area contributed by atoms with Gasteiger partial charge in [-0.15, -0.1) is 0 Å². The molecule has 0 atom stereocenters. The summed E-state index contributed by atoms with van der Waals surface area (Å²) in [6.07, 6.45) is 0. The van der Waals surface area contributed by atoms with Crippen molar-refractivity contribution in [3.05, 3.63) is 30.3 Å². The Hall–Kier alpha value is -1.11. The summed E-state index contributed by atoms with van der Waals surface area (Å²) < 4.78 is 5.92. The fourth-order valence-electron chi connectivity index (χ4n) is 1.97. The summed E-state index contributed by atoms with van der Waals surface area (Å²) in [4.78, 5) is 16.1. The summed E-state index contributed by atoms with van der Waals surface area (Å²) in [5.74, 6) is 0. The van der Waals surface area contributed by atoms with Crippen LogP contribution in [0.25, 0.3) is 0 Å². The van der Waals surface area contributed by atoms with E-state index in [2.05, 4.69) is 0 Å². The first-order valence-electron chi connectivity index (χ1n) is 6.63. The summed E-state index contributed by atoms with van der Waals surface area (Å²) >= 11 is 6.48. The Morgan fingerprint density at radius 3 is 2.60 bits per heavy atom. The number of rotatable bonds is 2. The van der Waals surface area contributed by atoms with Crippen molar-refractivity contribution in [2.75, 3.05) is 37.7 Å². The van der Waals surface area contributed by atoms with Gasteiger partial charge in [-0.1, -0.05) is 30.4 Å². The van der Waals surface area contributed by atoms with Gasteiger partial charge in [-0.25, -0.2) is 0 Å². The maximum Gasteiger partial charge on any atom is 0.293 e. The minimum atomic E-state index is -0.0322. The first-order valence-corrected chi connectivity index (χ1v) is 7.86. The molecular formula is C14H18N2O2S2. The Balaban J connectivity index is 1.97. The molecule has 6 heteroatoms. The van der Waals surface area contributed by atoms with Crippen molar-refractivity contribution in [3.63, 3.8) is 0 Å². The maximum atomic E-state index is 12.4. The van der Waals surface area contributed by atoms with Gasteiger partial charge >= 0.3 is 0 Å². The van der Waals surface area contributed by atoms with Gasteiger partial charge in [-0.3, -0.25) is 4.79 Å². The second kappa shape index (κ2) is 7.61. The Labute approximate surface area is 129 Å². The number of nitrogens with zero attached hydrogens (tertiary/aromatic N) is 2. The molecule has 0 aromatic heterocycles. The molecule has 4 nitrogen and oxygen atoms in total. The average molecular weight is 310 g/mol. The van der Waals surface area contributed by atoms with Crippen LogP contribution in [-0.4, -0.2) is 47.3 Å². The Bertz CT molecular complexity index is 462. The van der Waals surface area contributed by atoms with Crippen molar-refractivity contribution in [3.8, 4) is 0 Å². The average Bonchev–Trinajstić information content (AvgIpc) is 2.50. The first kappa shape index (κ1) is 15.3. The van der Waals surface area contributed by atoms with Gasteiger partial charge < -0.3 is 14.5 Å². The molecule has 0 unspecified atom stereocenters. The predicted molar refractivity (Wildman–Crippen MR) is 87.4 cm³/mol. The third-order valence-electron chi connectivity index (χ3n) is 3.05. The normalized spacial score (nSPS) is 14.9. The van der Waals surface area contributed by atoms with Gasteiger partial charge in [-0.2, -0.15) is 0 Å². The highest BCUT2D eigenvalue weighted by molar-refractivity contribution is 8.32. The van der Waals surface area contributed by atoms with E-state index in [-0.39, 0.29) is 5.24 Å².